The average molecular weight is 379 g/mol. The van der Waals surface area contributed by atoms with Gasteiger partial charge in [-0.15, -0.1) is 21.5 Å². The Morgan fingerprint density at radius 3 is 2.88 bits per heavy atom. The predicted molar refractivity (Wildman–Crippen MR) is 97.5 cm³/mol. The summed E-state index contributed by atoms with van der Waals surface area (Å²) in [6.07, 6.45) is 2.37. The second-order valence-electron chi connectivity index (χ2n) is 5.37. The van der Waals surface area contributed by atoms with Gasteiger partial charge in [0.1, 0.15) is 16.4 Å². The largest absolute Gasteiger partial charge is 0.377 e. The quantitative estimate of drug-likeness (QED) is 0.706. The third-order valence-corrected chi connectivity index (χ3v) is 5.55. The Labute approximate surface area is 151 Å². The number of thiophene rings is 1. The summed E-state index contributed by atoms with van der Waals surface area (Å²) < 4.78 is 6.56. The normalized spacial score (nSPS) is 11.2. The van der Waals surface area contributed by atoms with E-state index in [2.05, 4.69) is 20.5 Å². The van der Waals surface area contributed by atoms with Crippen LogP contribution in [0.5, 0.6) is 0 Å². The van der Waals surface area contributed by atoms with Crippen LogP contribution in [-0.4, -0.2) is 32.8 Å². The zero-order valence-corrected chi connectivity index (χ0v) is 15.7. The van der Waals surface area contributed by atoms with E-state index in [4.69, 9.17) is 4.74 Å². The highest BCUT2D eigenvalue weighted by molar-refractivity contribution is 7.21. The molecule has 3 heterocycles. The third kappa shape index (κ3) is 3.46. The molecule has 0 unspecified atom stereocenters. The zero-order valence-electron chi connectivity index (χ0n) is 14.0. The number of amides is 1. The number of aryl methyl sites for hydroxylation is 2. The van der Waals surface area contributed by atoms with Crippen molar-refractivity contribution in [3.05, 3.63) is 32.1 Å². The fraction of sp³-hybridized carbons (Fsp3) is 0.400. The maximum absolute atomic E-state index is 12.6. The van der Waals surface area contributed by atoms with Crippen LogP contribution in [0.25, 0.3) is 10.2 Å². The fourth-order valence-corrected chi connectivity index (χ4v) is 4.16. The number of carbonyl (C=O) groups is 1. The maximum atomic E-state index is 12.6. The lowest BCUT2D eigenvalue weighted by molar-refractivity contribution is 0.103. The summed E-state index contributed by atoms with van der Waals surface area (Å²) in [6, 6.07) is 0. The molecule has 25 heavy (non-hydrogen) atoms. The van der Waals surface area contributed by atoms with Gasteiger partial charge < -0.3 is 4.74 Å². The van der Waals surface area contributed by atoms with Crippen molar-refractivity contribution < 1.29 is 9.53 Å². The first-order chi connectivity index (χ1) is 12.0. The van der Waals surface area contributed by atoms with Crippen LogP contribution in [0.15, 0.2) is 11.1 Å². The molecule has 0 aliphatic carbocycles. The molecular formula is C15H17N5O3S2. The van der Waals surface area contributed by atoms with E-state index in [0.29, 0.717) is 43.9 Å². The van der Waals surface area contributed by atoms with Crippen molar-refractivity contribution in [3.63, 3.8) is 0 Å². The lowest BCUT2D eigenvalue weighted by atomic mass is 10.2. The molecule has 0 bridgehead atoms. The maximum Gasteiger partial charge on any atom is 0.267 e. The highest BCUT2D eigenvalue weighted by Gasteiger charge is 2.20. The number of ether oxygens (including phenoxy) is 1. The number of methoxy groups -OCH3 is 1. The summed E-state index contributed by atoms with van der Waals surface area (Å²) in [6.45, 7) is 4.71. The van der Waals surface area contributed by atoms with E-state index in [9.17, 15) is 9.59 Å². The number of nitrogens with one attached hydrogen (secondary N) is 1. The zero-order chi connectivity index (χ0) is 18.0. The van der Waals surface area contributed by atoms with Gasteiger partial charge in [-0.05, 0) is 18.9 Å². The molecule has 3 rings (SSSR count). The Morgan fingerprint density at radius 1 is 1.36 bits per heavy atom. The summed E-state index contributed by atoms with van der Waals surface area (Å²) in [5, 5.41) is 12.1. The molecule has 0 aliphatic heterocycles. The Hall–Kier alpha value is -2.17. The number of nitrogens with zero attached hydrogens (tertiary/aromatic N) is 4. The molecule has 0 atom stereocenters. The number of hydrogen-bond acceptors (Lipinski definition) is 8. The van der Waals surface area contributed by atoms with Crippen LogP contribution in [0.3, 0.4) is 0 Å². The first-order valence-corrected chi connectivity index (χ1v) is 9.29. The molecule has 0 fully saturated rings. The van der Waals surface area contributed by atoms with Crippen molar-refractivity contribution in [1.82, 2.24) is 19.7 Å². The van der Waals surface area contributed by atoms with Gasteiger partial charge in [-0.2, -0.15) is 0 Å². The van der Waals surface area contributed by atoms with E-state index in [-0.39, 0.29) is 11.5 Å². The fourth-order valence-electron chi connectivity index (χ4n) is 2.42. The van der Waals surface area contributed by atoms with Gasteiger partial charge in [-0.3, -0.25) is 19.5 Å². The van der Waals surface area contributed by atoms with Gasteiger partial charge in [0.15, 0.2) is 0 Å². The molecular weight excluding hydrogens is 362 g/mol. The molecule has 10 heteroatoms. The average Bonchev–Trinajstić information content (AvgIpc) is 3.15. The summed E-state index contributed by atoms with van der Waals surface area (Å²) >= 11 is 2.45. The Kier molecular flexibility index (Phi) is 5.21. The minimum atomic E-state index is -0.318. The van der Waals surface area contributed by atoms with E-state index in [0.717, 1.165) is 6.42 Å². The third-order valence-electron chi connectivity index (χ3n) is 3.54. The standard InChI is InChI=1S/C15H17N5O3S2/c1-4-5-20-7-16-13-10(14(20)22)8(2)11(25-13)12(21)17-15-19-18-9(24-15)6-23-3/h7H,4-6H2,1-3H3,(H,17,19,21). The highest BCUT2D eigenvalue weighted by atomic mass is 32.1. The van der Waals surface area contributed by atoms with Crippen molar-refractivity contribution in [1.29, 1.82) is 0 Å². The van der Waals surface area contributed by atoms with Crippen LogP contribution in [0.4, 0.5) is 5.13 Å². The van der Waals surface area contributed by atoms with Gasteiger partial charge in [0.2, 0.25) is 5.13 Å². The van der Waals surface area contributed by atoms with Crippen LogP contribution in [0, 0.1) is 6.92 Å². The molecule has 0 aliphatic rings. The molecule has 132 valence electrons. The molecule has 0 saturated carbocycles. The molecule has 0 aromatic carbocycles. The predicted octanol–water partition coefficient (Wildman–Crippen LogP) is 2.43. The molecule has 0 spiro atoms. The number of hydrogen-bond donors (Lipinski definition) is 1. The van der Waals surface area contributed by atoms with Crippen molar-refractivity contribution in [2.75, 3.05) is 12.4 Å². The van der Waals surface area contributed by atoms with E-state index in [1.165, 1.54) is 29.0 Å². The smallest absolute Gasteiger partial charge is 0.267 e. The van der Waals surface area contributed by atoms with E-state index >= 15 is 0 Å². The topological polar surface area (TPSA) is 99.0 Å². The Balaban J connectivity index is 1.92. The van der Waals surface area contributed by atoms with Crippen LogP contribution < -0.4 is 10.9 Å². The molecule has 3 aromatic heterocycles. The first kappa shape index (κ1) is 17.6. The van der Waals surface area contributed by atoms with Gasteiger partial charge in [-0.1, -0.05) is 18.3 Å². The van der Waals surface area contributed by atoms with Gasteiger partial charge in [-0.25, -0.2) is 4.98 Å². The second kappa shape index (κ2) is 7.38. The molecule has 0 radical (unpaired) electrons. The molecule has 1 amide bonds. The van der Waals surface area contributed by atoms with Crippen LogP contribution in [0.1, 0.15) is 33.6 Å². The van der Waals surface area contributed by atoms with E-state index in [1.54, 1.807) is 18.6 Å². The minimum absolute atomic E-state index is 0.113. The number of carbonyl (C=O) groups excluding carboxylic acids is 1. The SMILES string of the molecule is CCCn1cnc2sc(C(=O)Nc3nnc(COC)s3)c(C)c2c1=O. The molecule has 8 nitrogen and oxygen atoms in total. The number of aromatic nitrogens is 4. The number of anilines is 1. The molecule has 0 saturated heterocycles. The van der Waals surface area contributed by atoms with E-state index in [1.807, 2.05) is 6.92 Å². The summed E-state index contributed by atoms with van der Waals surface area (Å²) in [7, 11) is 1.57. The van der Waals surface area contributed by atoms with Crippen LogP contribution in [0.2, 0.25) is 0 Å². The van der Waals surface area contributed by atoms with E-state index < -0.39 is 0 Å². The summed E-state index contributed by atoms with van der Waals surface area (Å²) in [4.78, 5) is 30.5. The minimum Gasteiger partial charge on any atom is -0.377 e. The Morgan fingerprint density at radius 2 is 2.16 bits per heavy atom. The van der Waals surface area contributed by atoms with Crippen molar-refractivity contribution >= 4 is 43.9 Å². The van der Waals surface area contributed by atoms with Crippen molar-refractivity contribution in [2.24, 2.45) is 0 Å². The first-order valence-electron chi connectivity index (χ1n) is 7.66. The second-order valence-corrected chi connectivity index (χ2v) is 7.43. The number of fused-ring (bicyclic) bond motifs is 1. The van der Waals surface area contributed by atoms with Gasteiger partial charge in [0, 0.05) is 13.7 Å². The number of rotatable bonds is 6. The van der Waals surface area contributed by atoms with Crippen LogP contribution in [-0.2, 0) is 17.9 Å². The highest BCUT2D eigenvalue weighted by Crippen LogP contribution is 2.28. The lowest BCUT2D eigenvalue weighted by Crippen LogP contribution is -2.20. The van der Waals surface area contributed by atoms with Crippen molar-refractivity contribution in [3.8, 4) is 0 Å². The summed E-state index contributed by atoms with van der Waals surface area (Å²) in [5.41, 5.74) is 0.528. The van der Waals surface area contributed by atoms with Gasteiger partial charge in [0.25, 0.3) is 11.5 Å². The molecule has 1 N–H and O–H groups in total. The van der Waals surface area contributed by atoms with Gasteiger partial charge >= 0.3 is 0 Å². The molecule has 3 aromatic rings. The monoisotopic (exact) mass is 379 g/mol. The van der Waals surface area contributed by atoms with Gasteiger partial charge in [0.05, 0.1) is 16.6 Å². The van der Waals surface area contributed by atoms with Crippen molar-refractivity contribution in [2.45, 2.75) is 33.4 Å². The Bertz CT molecular complexity index is 975. The lowest BCUT2D eigenvalue weighted by Gasteiger charge is -2.02. The summed E-state index contributed by atoms with van der Waals surface area (Å²) in [5.74, 6) is -0.318. The van der Waals surface area contributed by atoms with Crippen LogP contribution >= 0.6 is 22.7 Å².